The molecule has 2 aromatic heterocycles. The van der Waals surface area contributed by atoms with E-state index in [0.717, 1.165) is 11.1 Å². The average Bonchev–Trinajstić information content (AvgIpc) is 3.39. The molecule has 0 aliphatic rings. The molecule has 2 aromatic carbocycles. The van der Waals surface area contributed by atoms with Crippen molar-refractivity contribution in [2.45, 2.75) is 20.1 Å². The second kappa shape index (κ2) is 8.60. The zero-order valence-electron chi connectivity index (χ0n) is 16.2. The minimum absolute atomic E-state index is 0.113. The second-order valence-corrected chi connectivity index (χ2v) is 6.65. The molecule has 1 amide bonds. The number of hydrogen-bond acceptors (Lipinski definition) is 5. The van der Waals surface area contributed by atoms with Gasteiger partial charge in [-0.1, -0.05) is 24.3 Å². The number of hydrogen-bond donors (Lipinski definition) is 1. The highest BCUT2D eigenvalue weighted by Gasteiger charge is 2.14. The number of nitrogens with one attached hydrogen (secondary N) is 1. The molecule has 0 aliphatic carbocycles. The summed E-state index contributed by atoms with van der Waals surface area (Å²) < 4.78 is 25.6. The van der Waals surface area contributed by atoms with E-state index in [1.165, 1.54) is 24.3 Å². The predicted molar refractivity (Wildman–Crippen MR) is 108 cm³/mol. The predicted octanol–water partition coefficient (Wildman–Crippen LogP) is 4.20. The number of furan rings is 1. The number of carbonyl (C=O) groups excluding carboxylic acids is 1. The summed E-state index contributed by atoms with van der Waals surface area (Å²) >= 11 is 0. The third-order valence-corrected chi connectivity index (χ3v) is 4.44. The first-order valence-electron chi connectivity index (χ1n) is 9.29. The normalized spacial score (nSPS) is 10.7. The van der Waals surface area contributed by atoms with Crippen LogP contribution in [0.3, 0.4) is 0 Å². The quantitative estimate of drug-likeness (QED) is 0.497. The molecule has 4 rings (SSSR count). The van der Waals surface area contributed by atoms with Crippen LogP contribution in [0.25, 0.3) is 0 Å². The largest absolute Gasteiger partial charge is 0.486 e. The van der Waals surface area contributed by atoms with Gasteiger partial charge in [0.05, 0.1) is 6.54 Å². The van der Waals surface area contributed by atoms with Crippen LogP contribution in [0.4, 0.5) is 10.3 Å². The summed E-state index contributed by atoms with van der Waals surface area (Å²) in [6.45, 7) is 2.70. The van der Waals surface area contributed by atoms with Crippen LogP contribution in [0.15, 0.2) is 71.4 Å². The van der Waals surface area contributed by atoms with Crippen LogP contribution in [-0.4, -0.2) is 20.7 Å². The average molecular weight is 406 g/mol. The van der Waals surface area contributed by atoms with Gasteiger partial charge < -0.3 is 9.15 Å². The van der Waals surface area contributed by atoms with E-state index in [2.05, 4.69) is 15.4 Å². The Kier molecular flexibility index (Phi) is 5.56. The van der Waals surface area contributed by atoms with Gasteiger partial charge >= 0.3 is 0 Å². The van der Waals surface area contributed by atoms with Crippen molar-refractivity contribution >= 4 is 11.9 Å². The summed E-state index contributed by atoms with van der Waals surface area (Å²) in [5.74, 6) is 0.465. The zero-order valence-corrected chi connectivity index (χ0v) is 16.2. The van der Waals surface area contributed by atoms with Crippen LogP contribution in [0.2, 0.25) is 0 Å². The van der Waals surface area contributed by atoms with Gasteiger partial charge in [-0.15, -0.1) is 5.10 Å². The maximum Gasteiger partial charge on any atom is 0.293 e. The molecule has 0 bridgehead atoms. The van der Waals surface area contributed by atoms with Gasteiger partial charge in [0, 0.05) is 0 Å². The Morgan fingerprint density at radius 2 is 1.93 bits per heavy atom. The molecule has 0 unspecified atom stereocenters. The topological polar surface area (TPSA) is 82.2 Å². The summed E-state index contributed by atoms with van der Waals surface area (Å²) in [5, 5.41) is 6.89. The molecule has 1 N–H and O–H groups in total. The van der Waals surface area contributed by atoms with Gasteiger partial charge in [-0.2, -0.15) is 0 Å². The van der Waals surface area contributed by atoms with Crippen LogP contribution in [-0.2, 0) is 13.2 Å². The smallest absolute Gasteiger partial charge is 0.293 e. The number of rotatable bonds is 7. The molecule has 8 heteroatoms. The van der Waals surface area contributed by atoms with Crippen molar-refractivity contribution < 1.29 is 18.3 Å². The molecule has 0 radical (unpaired) electrons. The molecule has 0 atom stereocenters. The Morgan fingerprint density at radius 1 is 1.13 bits per heavy atom. The molecule has 2 heterocycles. The van der Waals surface area contributed by atoms with Crippen molar-refractivity contribution in [3.05, 3.63) is 95.5 Å². The van der Waals surface area contributed by atoms with Crippen LogP contribution < -0.4 is 10.1 Å². The number of halogens is 1. The van der Waals surface area contributed by atoms with Gasteiger partial charge in [-0.25, -0.2) is 14.1 Å². The first kappa shape index (κ1) is 19.4. The minimum Gasteiger partial charge on any atom is -0.486 e. The molecule has 4 aromatic rings. The molecule has 0 saturated heterocycles. The lowest BCUT2D eigenvalue weighted by Crippen LogP contribution is -2.12. The molecule has 0 saturated carbocycles. The van der Waals surface area contributed by atoms with E-state index in [4.69, 9.17) is 9.15 Å². The van der Waals surface area contributed by atoms with Gasteiger partial charge in [-0.3, -0.25) is 10.1 Å². The number of aromatic nitrogens is 3. The van der Waals surface area contributed by atoms with E-state index in [1.54, 1.807) is 23.1 Å². The number of benzene rings is 2. The van der Waals surface area contributed by atoms with E-state index in [1.807, 2.05) is 31.2 Å². The first-order chi connectivity index (χ1) is 14.6. The van der Waals surface area contributed by atoms with Crippen LogP contribution >= 0.6 is 0 Å². The number of anilines is 1. The summed E-state index contributed by atoms with van der Waals surface area (Å²) in [6, 6.07) is 16.8. The number of ether oxygens (including phenoxy) is 1. The molecular weight excluding hydrogens is 387 g/mol. The Bertz CT molecular complexity index is 1150. The number of nitrogens with zero attached hydrogens (tertiary/aromatic N) is 3. The number of aryl methyl sites for hydroxylation is 1. The van der Waals surface area contributed by atoms with Gasteiger partial charge in [-0.05, 0) is 54.4 Å². The van der Waals surface area contributed by atoms with Crippen LogP contribution in [0, 0.1) is 12.7 Å². The summed E-state index contributed by atoms with van der Waals surface area (Å²) in [7, 11) is 0. The van der Waals surface area contributed by atoms with Crippen LogP contribution in [0.1, 0.15) is 27.4 Å². The van der Waals surface area contributed by atoms with Crippen molar-refractivity contribution in [1.29, 1.82) is 0 Å². The summed E-state index contributed by atoms with van der Waals surface area (Å²) in [4.78, 5) is 16.5. The van der Waals surface area contributed by atoms with Crippen molar-refractivity contribution in [1.82, 2.24) is 14.8 Å². The summed E-state index contributed by atoms with van der Waals surface area (Å²) in [6.07, 6.45) is 1.56. The van der Waals surface area contributed by atoms with Gasteiger partial charge in [0.15, 0.2) is 5.76 Å². The van der Waals surface area contributed by atoms with Crippen molar-refractivity contribution in [3.63, 3.8) is 0 Å². The molecule has 7 nitrogen and oxygen atoms in total. The van der Waals surface area contributed by atoms with Crippen molar-refractivity contribution in [2.24, 2.45) is 0 Å². The van der Waals surface area contributed by atoms with E-state index in [0.29, 0.717) is 18.1 Å². The molecular formula is C22H19FN4O3. The zero-order chi connectivity index (χ0) is 20.9. The number of amides is 1. The monoisotopic (exact) mass is 406 g/mol. The fourth-order valence-electron chi connectivity index (χ4n) is 2.82. The van der Waals surface area contributed by atoms with Crippen LogP contribution in [0.5, 0.6) is 5.75 Å². The van der Waals surface area contributed by atoms with Gasteiger partial charge in [0.25, 0.3) is 5.91 Å². The second-order valence-electron chi connectivity index (χ2n) is 6.65. The maximum atomic E-state index is 12.9. The third-order valence-electron chi connectivity index (χ3n) is 4.44. The SMILES string of the molecule is Cc1ccccc1Cn1cnc(NC(=O)c2ccc(COc3ccc(F)cc3)o2)n1. The highest BCUT2D eigenvalue weighted by Crippen LogP contribution is 2.16. The van der Waals surface area contributed by atoms with E-state index >= 15 is 0 Å². The van der Waals surface area contributed by atoms with Crippen molar-refractivity contribution in [2.75, 3.05) is 5.32 Å². The van der Waals surface area contributed by atoms with Gasteiger partial charge in [0.2, 0.25) is 5.95 Å². The Labute approximate surface area is 172 Å². The molecule has 0 fully saturated rings. The fourth-order valence-corrected chi connectivity index (χ4v) is 2.82. The molecule has 0 spiro atoms. The standard InChI is InChI=1S/C22H19FN4O3/c1-15-4-2-3-5-16(15)12-27-14-24-22(26-27)25-21(28)20-11-10-19(30-20)13-29-18-8-6-17(23)7-9-18/h2-11,14H,12-13H2,1H3,(H,25,26,28). The van der Waals surface area contributed by atoms with E-state index < -0.39 is 5.91 Å². The highest BCUT2D eigenvalue weighted by molar-refractivity contribution is 6.01. The molecule has 0 aliphatic heterocycles. The van der Waals surface area contributed by atoms with Gasteiger partial charge in [0.1, 0.15) is 30.3 Å². The molecule has 30 heavy (non-hydrogen) atoms. The van der Waals surface area contributed by atoms with E-state index in [9.17, 15) is 9.18 Å². The summed E-state index contributed by atoms with van der Waals surface area (Å²) in [5.41, 5.74) is 2.28. The minimum atomic E-state index is -0.461. The fraction of sp³-hybridized carbons (Fsp3) is 0.136. The number of carbonyl (C=O) groups is 1. The lowest BCUT2D eigenvalue weighted by molar-refractivity contribution is 0.0991. The Morgan fingerprint density at radius 3 is 2.73 bits per heavy atom. The Balaban J connectivity index is 1.34. The van der Waals surface area contributed by atoms with Crippen molar-refractivity contribution in [3.8, 4) is 5.75 Å². The Hall–Kier alpha value is -3.94. The highest BCUT2D eigenvalue weighted by atomic mass is 19.1. The lowest BCUT2D eigenvalue weighted by Gasteiger charge is -2.04. The third kappa shape index (κ3) is 4.72. The van der Waals surface area contributed by atoms with E-state index in [-0.39, 0.29) is 24.1 Å². The lowest BCUT2D eigenvalue weighted by atomic mass is 10.1. The molecule has 152 valence electrons. The maximum absolute atomic E-state index is 12.9. The first-order valence-corrected chi connectivity index (χ1v) is 9.29.